The molecule has 0 heterocycles. The van der Waals surface area contributed by atoms with E-state index in [1.807, 2.05) is 13.0 Å². The molecule has 0 aliphatic heterocycles. The molecule has 0 saturated heterocycles. The van der Waals surface area contributed by atoms with E-state index in [9.17, 15) is 9.59 Å². The maximum absolute atomic E-state index is 12.0. The van der Waals surface area contributed by atoms with Gasteiger partial charge in [-0.2, -0.15) is 0 Å². The average Bonchev–Trinajstić information content (AvgIpc) is 2.55. The molecule has 5 heteroatoms. The number of hydrogen-bond acceptors (Lipinski definition) is 4. The van der Waals surface area contributed by atoms with Gasteiger partial charge in [-0.25, -0.2) is 0 Å². The third-order valence-corrected chi connectivity index (χ3v) is 2.87. The summed E-state index contributed by atoms with van der Waals surface area (Å²) in [4.78, 5) is 22.8. The van der Waals surface area contributed by atoms with Gasteiger partial charge in [-0.3, -0.25) is 9.59 Å². The van der Waals surface area contributed by atoms with Crippen molar-refractivity contribution in [3.63, 3.8) is 0 Å². The zero-order valence-electron chi connectivity index (χ0n) is 12.2. The lowest BCUT2D eigenvalue weighted by atomic mass is 10.2. The number of aldehydes is 1. The van der Waals surface area contributed by atoms with Crippen molar-refractivity contribution in [2.24, 2.45) is 0 Å². The first-order valence-electron chi connectivity index (χ1n) is 6.93. The summed E-state index contributed by atoms with van der Waals surface area (Å²) in [7, 11) is 0. The van der Waals surface area contributed by atoms with Crippen LogP contribution in [0.15, 0.2) is 48.5 Å². The number of rotatable bonds is 7. The molecule has 0 aliphatic carbocycles. The molecule has 0 aromatic heterocycles. The molecule has 0 spiro atoms. The summed E-state index contributed by atoms with van der Waals surface area (Å²) in [6, 6.07) is 13.9. The van der Waals surface area contributed by atoms with Crippen LogP contribution in [0.25, 0.3) is 0 Å². The summed E-state index contributed by atoms with van der Waals surface area (Å²) in [6.07, 6.45) is 0.692. The zero-order valence-corrected chi connectivity index (χ0v) is 12.2. The first-order valence-corrected chi connectivity index (χ1v) is 6.93. The van der Waals surface area contributed by atoms with Crippen LogP contribution in [-0.4, -0.2) is 25.4 Å². The van der Waals surface area contributed by atoms with E-state index < -0.39 is 0 Å². The second kappa shape index (κ2) is 7.83. The van der Waals surface area contributed by atoms with Crippen LogP contribution >= 0.6 is 0 Å². The Morgan fingerprint density at radius 2 is 1.73 bits per heavy atom. The van der Waals surface area contributed by atoms with Crippen LogP contribution in [0.4, 0.5) is 5.69 Å². The third-order valence-electron chi connectivity index (χ3n) is 2.87. The van der Waals surface area contributed by atoms with Crippen LogP contribution in [0, 0.1) is 0 Å². The molecule has 0 bridgehead atoms. The number of amides is 1. The van der Waals surface area contributed by atoms with Crippen molar-refractivity contribution >= 4 is 17.9 Å². The normalized spacial score (nSPS) is 9.86. The molecule has 2 rings (SSSR count). The summed E-state index contributed by atoms with van der Waals surface area (Å²) >= 11 is 0. The Balaban J connectivity index is 1.97. The minimum absolute atomic E-state index is 0.189. The highest BCUT2D eigenvalue weighted by Crippen LogP contribution is 2.23. The molecule has 22 heavy (non-hydrogen) atoms. The Hall–Kier alpha value is -2.82. The smallest absolute Gasteiger partial charge is 0.262 e. The van der Waals surface area contributed by atoms with E-state index in [1.165, 1.54) is 0 Å². The number of benzene rings is 2. The first kappa shape index (κ1) is 15.6. The van der Waals surface area contributed by atoms with E-state index in [0.29, 0.717) is 35.6 Å². The van der Waals surface area contributed by atoms with Crippen molar-refractivity contribution < 1.29 is 19.1 Å². The number of ether oxygens (including phenoxy) is 2. The standard InChI is InChI=1S/C17H17NO4/c1-2-21-16-10-6-4-8-14(16)18-17(20)12-22-15-9-5-3-7-13(15)11-19/h3-11H,2,12H2,1H3,(H,18,20). The number of anilines is 1. The van der Waals surface area contributed by atoms with Crippen molar-refractivity contribution in [1.82, 2.24) is 0 Å². The maximum atomic E-state index is 12.0. The molecular weight excluding hydrogens is 282 g/mol. The van der Waals surface area contributed by atoms with Crippen LogP contribution in [0.1, 0.15) is 17.3 Å². The van der Waals surface area contributed by atoms with E-state index in [-0.39, 0.29) is 12.5 Å². The van der Waals surface area contributed by atoms with Gasteiger partial charge in [0.1, 0.15) is 11.5 Å². The van der Waals surface area contributed by atoms with Crippen LogP contribution in [-0.2, 0) is 4.79 Å². The highest BCUT2D eigenvalue weighted by Gasteiger charge is 2.09. The predicted octanol–water partition coefficient (Wildman–Crippen LogP) is 2.92. The Bertz CT molecular complexity index is 655. The summed E-state index contributed by atoms with van der Waals surface area (Å²) in [5, 5.41) is 2.73. The molecule has 0 saturated carbocycles. The molecule has 2 aromatic carbocycles. The number of hydrogen-bond donors (Lipinski definition) is 1. The second-order valence-electron chi connectivity index (χ2n) is 4.42. The number of nitrogens with one attached hydrogen (secondary N) is 1. The fourth-order valence-electron chi connectivity index (χ4n) is 1.89. The molecule has 0 atom stereocenters. The van der Waals surface area contributed by atoms with E-state index in [2.05, 4.69) is 5.32 Å². The van der Waals surface area contributed by atoms with E-state index in [0.717, 1.165) is 0 Å². The number of para-hydroxylation sites is 3. The fourth-order valence-corrected chi connectivity index (χ4v) is 1.89. The van der Waals surface area contributed by atoms with Gasteiger partial charge >= 0.3 is 0 Å². The fraction of sp³-hybridized carbons (Fsp3) is 0.176. The van der Waals surface area contributed by atoms with Crippen molar-refractivity contribution in [2.45, 2.75) is 6.92 Å². The molecule has 0 unspecified atom stereocenters. The molecule has 1 amide bonds. The van der Waals surface area contributed by atoms with Gasteiger partial charge in [-0.15, -0.1) is 0 Å². The number of carbonyl (C=O) groups excluding carboxylic acids is 2. The summed E-state index contributed by atoms with van der Waals surface area (Å²) in [5.74, 6) is 0.658. The topological polar surface area (TPSA) is 64.6 Å². The summed E-state index contributed by atoms with van der Waals surface area (Å²) < 4.78 is 10.8. The SMILES string of the molecule is CCOc1ccccc1NC(=O)COc1ccccc1C=O. The van der Waals surface area contributed by atoms with Crippen molar-refractivity contribution in [1.29, 1.82) is 0 Å². The second-order valence-corrected chi connectivity index (χ2v) is 4.42. The first-order chi connectivity index (χ1) is 10.7. The Labute approximate surface area is 128 Å². The minimum Gasteiger partial charge on any atom is -0.492 e. The quantitative estimate of drug-likeness (QED) is 0.798. The van der Waals surface area contributed by atoms with Crippen molar-refractivity contribution in [2.75, 3.05) is 18.5 Å². The Morgan fingerprint density at radius 3 is 2.45 bits per heavy atom. The zero-order chi connectivity index (χ0) is 15.8. The number of carbonyl (C=O) groups is 2. The van der Waals surface area contributed by atoms with Gasteiger partial charge in [0.2, 0.25) is 0 Å². The van der Waals surface area contributed by atoms with Gasteiger partial charge in [-0.05, 0) is 31.2 Å². The Kier molecular flexibility index (Phi) is 5.54. The predicted molar refractivity (Wildman–Crippen MR) is 83.6 cm³/mol. The highest BCUT2D eigenvalue weighted by molar-refractivity contribution is 5.93. The molecule has 114 valence electrons. The lowest BCUT2D eigenvalue weighted by Gasteiger charge is -2.12. The van der Waals surface area contributed by atoms with Gasteiger partial charge in [0.15, 0.2) is 12.9 Å². The molecule has 0 radical (unpaired) electrons. The summed E-state index contributed by atoms with van der Waals surface area (Å²) in [5.41, 5.74) is 0.992. The maximum Gasteiger partial charge on any atom is 0.262 e. The van der Waals surface area contributed by atoms with Crippen molar-refractivity contribution in [3.05, 3.63) is 54.1 Å². The lowest BCUT2D eigenvalue weighted by Crippen LogP contribution is -2.21. The molecule has 0 fully saturated rings. The van der Waals surface area contributed by atoms with E-state index >= 15 is 0 Å². The van der Waals surface area contributed by atoms with Crippen LogP contribution < -0.4 is 14.8 Å². The lowest BCUT2D eigenvalue weighted by molar-refractivity contribution is -0.118. The van der Waals surface area contributed by atoms with Crippen molar-refractivity contribution in [3.8, 4) is 11.5 Å². The molecule has 5 nitrogen and oxygen atoms in total. The van der Waals surface area contributed by atoms with Gasteiger partial charge in [0.05, 0.1) is 17.9 Å². The molecule has 2 aromatic rings. The van der Waals surface area contributed by atoms with Gasteiger partial charge < -0.3 is 14.8 Å². The van der Waals surface area contributed by atoms with Gasteiger partial charge in [0, 0.05) is 0 Å². The van der Waals surface area contributed by atoms with Crippen LogP contribution in [0.3, 0.4) is 0 Å². The summed E-state index contributed by atoms with van der Waals surface area (Å²) in [6.45, 7) is 2.19. The van der Waals surface area contributed by atoms with Crippen LogP contribution in [0.5, 0.6) is 11.5 Å². The monoisotopic (exact) mass is 299 g/mol. The molecule has 1 N–H and O–H groups in total. The Morgan fingerprint density at radius 1 is 1.05 bits per heavy atom. The van der Waals surface area contributed by atoms with Gasteiger partial charge in [0.25, 0.3) is 5.91 Å². The van der Waals surface area contributed by atoms with E-state index in [4.69, 9.17) is 9.47 Å². The van der Waals surface area contributed by atoms with Gasteiger partial charge in [-0.1, -0.05) is 24.3 Å². The highest BCUT2D eigenvalue weighted by atomic mass is 16.5. The largest absolute Gasteiger partial charge is 0.492 e. The third kappa shape index (κ3) is 4.09. The van der Waals surface area contributed by atoms with E-state index in [1.54, 1.807) is 42.5 Å². The average molecular weight is 299 g/mol. The minimum atomic E-state index is -0.326. The van der Waals surface area contributed by atoms with Crippen LogP contribution in [0.2, 0.25) is 0 Å². The molecule has 0 aliphatic rings. The molecular formula is C17H17NO4.